The number of nitrogens with zero attached hydrogens (tertiary/aromatic N) is 3. The topological polar surface area (TPSA) is 106 Å². The van der Waals surface area contributed by atoms with Crippen LogP contribution in [0.3, 0.4) is 0 Å². The van der Waals surface area contributed by atoms with E-state index in [1.807, 2.05) is 18.5 Å². The number of para-hydroxylation sites is 1. The van der Waals surface area contributed by atoms with Gasteiger partial charge in [0.05, 0.1) is 42.0 Å². The van der Waals surface area contributed by atoms with Gasteiger partial charge in [0.25, 0.3) is 5.91 Å². The second-order valence-corrected chi connectivity index (χ2v) is 8.81. The van der Waals surface area contributed by atoms with E-state index in [0.717, 1.165) is 29.9 Å². The van der Waals surface area contributed by atoms with Gasteiger partial charge in [-0.15, -0.1) is 0 Å². The third-order valence-corrected chi connectivity index (χ3v) is 6.72. The number of fused-ring (bicyclic) bond motifs is 2. The van der Waals surface area contributed by atoms with Gasteiger partial charge >= 0.3 is 0 Å². The van der Waals surface area contributed by atoms with E-state index in [1.165, 1.54) is 13.2 Å². The van der Waals surface area contributed by atoms with Gasteiger partial charge in [-0.2, -0.15) is 0 Å². The molecule has 1 amide bonds. The van der Waals surface area contributed by atoms with Gasteiger partial charge in [0, 0.05) is 49.2 Å². The lowest BCUT2D eigenvalue weighted by Crippen LogP contribution is -2.31. The molecule has 0 fully saturated rings. The van der Waals surface area contributed by atoms with Crippen molar-refractivity contribution in [2.45, 2.75) is 25.3 Å². The summed E-state index contributed by atoms with van der Waals surface area (Å²) < 4.78 is 28.2. The summed E-state index contributed by atoms with van der Waals surface area (Å²) in [5.41, 5.74) is 3.63. The van der Waals surface area contributed by atoms with Gasteiger partial charge in [0.15, 0.2) is 11.6 Å². The molecule has 4 aromatic rings. The van der Waals surface area contributed by atoms with Crippen LogP contribution in [-0.2, 0) is 12.8 Å². The van der Waals surface area contributed by atoms with Crippen molar-refractivity contribution in [2.24, 2.45) is 0 Å². The number of amides is 1. The summed E-state index contributed by atoms with van der Waals surface area (Å²) in [5.74, 6) is 1.01. The van der Waals surface area contributed by atoms with E-state index < -0.39 is 5.82 Å². The standard InChI is InChI=1S/C26H25FN6O3/c1-35-25-17(27)3-2-4-19(25)32-24-22-18(8-10-30-26(22)34)31-23(24)16-7-9-28-13-20(16)36-14-15-5-6-21-29-11-12-33(15)21/h2-4,7,9,11-13,15,31-32H,5-6,8,10,14H2,1H3,(H,30,34). The molecule has 1 unspecified atom stereocenters. The van der Waals surface area contributed by atoms with Crippen molar-refractivity contribution in [3.8, 4) is 22.8 Å². The molecule has 6 rings (SSSR count). The number of aromatic nitrogens is 4. The lowest BCUT2D eigenvalue weighted by Gasteiger charge is -2.18. The fourth-order valence-corrected chi connectivity index (χ4v) is 5.01. The number of carbonyl (C=O) groups excluding carboxylic acids is 1. The summed E-state index contributed by atoms with van der Waals surface area (Å²) in [6.45, 7) is 0.993. The predicted octanol–water partition coefficient (Wildman–Crippen LogP) is 4.02. The fourth-order valence-electron chi connectivity index (χ4n) is 5.01. The predicted molar refractivity (Wildman–Crippen MR) is 131 cm³/mol. The molecule has 0 aliphatic carbocycles. The second-order valence-electron chi connectivity index (χ2n) is 8.81. The first-order chi connectivity index (χ1) is 17.6. The van der Waals surface area contributed by atoms with Crippen LogP contribution in [0, 0.1) is 5.82 Å². The van der Waals surface area contributed by atoms with Gasteiger partial charge in [-0.3, -0.25) is 9.78 Å². The Labute approximate surface area is 206 Å². The Morgan fingerprint density at radius 2 is 2.17 bits per heavy atom. The third-order valence-electron chi connectivity index (χ3n) is 6.72. The normalized spacial score (nSPS) is 16.3. The highest BCUT2D eigenvalue weighted by atomic mass is 19.1. The molecule has 0 saturated heterocycles. The Hall–Kier alpha value is -4.34. The largest absolute Gasteiger partial charge is 0.492 e. The van der Waals surface area contributed by atoms with Gasteiger partial charge < -0.3 is 29.7 Å². The van der Waals surface area contributed by atoms with Crippen molar-refractivity contribution in [3.05, 3.63) is 72.0 Å². The number of carbonyl (C=O) groups is 1. The fraction of sp³-hybridized carbons (Fsp3) is 0.269. The highest BCUT2D eigenvalue weighted by molar-refractivity contribution is 6.06. The highest BCUT2D eigenvalue weighted by Gasteiger charge is 2.29. The lowest BCUT2D eigenvalue weighted by atomic mass is 10.0. The Morgan fingerprint density at radius 1 is 1.25 bits per heavy atom. The van der Waals surface area contributed by atoms with Crippen molar-refractivity contribution in [2.75, 3.05) is 25.6 Å². The average molecular weight is 489 g/mol. The van der Waals surface area contributed by atoms with Crippen LogP contribution < -0.4 is 20.1 Å². The number of pyridine rings is 1. The quantitative estimate of drug-likeness (QED) is 0.363. The van der Waals surface area contributed by atoms with Crippen LogP contribution in [0.2, 0.25) is 0 Å². The summed E-state index contributed by atoms with van der Waals surface area (Å²) in [5, 5.41) is 6.15. The van der Waals surface area contributed by atoms with E-state index >= 15 is 0 Å². The number of halogens is 1. The number of hydrogen-bond acceptors (Lipinski definition) is 6. The molecule has 1 atom stereocenters. The van der Waals surface area contributed by atoms with Gasteiger partial charge in [0.2, 0.25) is 0 Å². The number of rotatable bonds is 7. The SMILES string of the molecule is COc1c(F)cccc1Nc1c(-c2ccncc2OCC2CCc3nccn32)[nH]c2c1C(=O)NCC2. The number of nitrogens with one attached hydrogen (secondary N) is 3. The van der Waals surface area contributed by atoms with Crippen LogP contribution in [-0.4, -0.2) is 45.7 Å². The van der Waals surface area contributed by atoms with E-state index in [-0.39, 0.29) is 17.7 Å². The zero-order valence-corrected chi connectivity index (χ0v) is 19.7. The Morgan fingerprint density at radius 3 is 3.06 bits per heavy atom. The number of aryl methyl sites for hydroxylation is 1. The van der Waals surface area contributed by atoms with Gasteiger partial charge in [-0.25, -0.2) is 9.37 Å². The van der Waals surface area contributed by atoms with E-state index in [9.17, 15) is 9.18 Å². The van der Waals surface area contributed by atoms with Gasteiger partial charge in [0.1, 0.15) is 18.2 Å². The van der Waals surface area contributed by atoms with Crippen molar-refractivity contribution in [3.63, 3.8) is 0 Å². The van der Waals surface area contributed by atoms with Crippen LogP contribution in [0.25, 0.3) is 11.3 Å². The maximum atomic E-state index is 14.4. The summed E-state index contributed by atoms with van der Waals surface area (Å²) >= 11 is 0. The summed E-state index contributed by atoms with van der Waals surface area (Å²) in [4.78, 5) is 25.0. The van der Waals surface area contributed by atoms with Crippen LogP contribution in [0.1, 0.15) is 34.3 Å². The number of aromatic amines is 1. The van der Waals surface area contributed by atoms with Gasteiger partial charge in [-0.05, 0) is 24.6 Å². The second kappa shape index (κ2) is 9.03. The summed E-state index contributed by atoms with van der Waals surface area (Å²) in [6, 6.07) is 6.65. The zero-order chi connectivity index (χ0) is 24.6. The summed E-state index contributed by atoms with van der Waals surface area (Å²) in [6.07, 6.45) is 9.66. The molecule has 1 aromatic carbocycles. The molecular formula is C26H25FN6O3. The molecule has 10 heteroatoms. The highest BCUT2D eigenvalue weighted by Crippen LogP contribution is 2.42. The molecule has 9 nitrogen and oxygen atoms in total. The number of methoxy groups -OCH3 is 1. The first-order valence-corrected chi connectivity index (χ1v) is 11.9. The maximum Gasteiger partial charge on any atom is 0.255 e. The minimum absolute atomic E-state index is 0.0678. The zero-order valence-electron chi connectivity index (χ0n) is 19.7. The lowest BCUT2D eigenvalue weighted by molar-refractivity contribution is 0.0947. The number of imidazole rings is 1. The third kappa shape index (κ3) is 3.74. The van der Waals surface area contributed by atoms with Crippen LogP contribution >= 0.6 is 0 Å². The molecule has 2 aliphatic rings. The van der Waals surface area contributed by atoms with Crippen molar-refractivity contribution in [1.29, 1.82) is 0 Å². The van der Waals surface area contributed by atoms with Crippen molar-refractivity contribution < 1.29 is 18.7 Å². The molecule has 36 heavy (non-hydrogen) atoms. The molecule has 0 spiro atoms. The monoisotopic (exact) mass is 488 g/mol. The van der Waals surface area contributed by atoms with Crippen molar-refractivity contribution in [1.82, 2.24) is 24.8 Å². The molecule has 0 saturated carbocycles. The number of ether oxygens (including phenoxy) is 2. The molecule has 5 heterocycles. The van der Waals surface area contributed by atoms with E-state index in [0.29, 0.717) is 48.0 Å². The van der Waals surface area contributed by atoms with E-state index in [2.05, 4.69) is 30.2 Å². The van der Waals surface area contributed by atoms with E-state index in [1.54, 1.807) is 24.5 Å². The smallest absolute Gasteiger partial charge is 0.255 e. The first kappa shape index (κ1) is 22.1. The van der Waals surface area contributed by atoms with Crippen LogP contribution in [0.5, 0.6) is 11.5 Å². The molecule has 3 aromatic heterocycles. The molecule has 0 radical (unpaired) electrons. The summed E-state index contributed by atoms with van der Waals surface area (Å²) in [7, 11) is 1.41. The van der Waals surface area contributed by atoms with Crippen LogP contribution in [0.4, 0.5) is 15.8 Å². The Bertz CT molecular complexity index is 1450. The van der Waals surface area contributed by atoms with Crippen molar-refractivity contribution >= 4 is 17.3 Å². The average Bonchev–Trinajstić information content (AvgIpc) is 3.59. The Kier molecular flexibility index (Phi) is 5.55. The molecular weight excluding hydrogens is 463 g/mol. The first-order valence-electron chi connectivity index (χ1n) is 11.9. The minimum Gasteiger partial charge on any atom is -0.492 e. The van der Waals surface area contributed by atoms with Gasteiger partial charge in [-0.1, -0.05) is 6.07 Å². The number of H-pyrrole nitrogens is 1. The molecule has 184 valence electrons. The van der Waals surface area contributed by atoms with E-state index in [4.69, 9.17) is 9.47 Å². The van der Waals surface area contributed by atoms with Crippen LogP contribution in [0.15, 0.2) is 49.1 Å². The number of benzene rings is 1. The molecule has 3 N–H and O–H groups in total. The minimum atomic E-state index is -0.499. The maximum absolute atomic E-state index is 14.4. The number of anilines is 2. The Balaban J connectivity index is 1.39. The molecule has 2 aliphatic heterocycles. The number of hydrogen-bond donors (Lipinski definition) is 3. The molecule has 0 bridgehead atoms.